The van der Waals surface area contributed by atoms with Crippen LogP contribution in [0.4, 0.5) is 0 Å². The minimum absolute atomic E-state index is 0.0313. The second-order valence-electron chi connectivity index (χ2n) is 4.56. The summed E-state index contributed by atoms with van der Waals surface area (Å²) < 4.78 is 0. The number of rotatable bonds is 5. The summed E-state index contributed by atoms with van der Waals surface area (Å²) in [5.74, 6) is 0.414. The maximum atomic E-state index is 12.1. The lowest BCUT2D eigenvalue weighted by Crippen LogP contribution is -2.28. The van der Waals surface area contributed by atoms with Crippen LogP contribution in [-0.4, -0.2) is 27.8 Å². The number of thiazole rings is 1. The number of halogens is 1. The van der Waals surface area contributed by atoms with Crippen molar-refractivity contribution in [2.45, 2.75) is 25.8 Å². The van der Waals surface area contributed by atoms with E-state index in [1.54, 1.807) is 11.9 Å². The normalized spacial score (nSPS) is 10.6. The van der Waals surface area contributed by atoms with Crippen molar-refractivity contribution in [2.75, 3.05) is 7.05 Å². The summed E-state index contributed by atoms with van der Waals surface area (Å²) in [7, 11) is 1.78. The zero-order valence-corrected chi connectivity index (χ0v) is 13.0. The number of hydrogen-bond acceptors (Lipinski definition) is 4. The van der Waals surface area contributed by atoms with E-state index in [2.05, 4.69) is 9.97 Å². The van der Waals surface area contributed by atoms with Gasteiger partial charge in [-0.05, 0) is 19.1 Å². The number of carbonyl (C=O) groups is 1. The summed E-state index contributed by atoms with van der Waals surface area (Å²) in [5, 5.41) is 2.69. The Balaban J connectivity index is 1.95. The maximum absolute atomic E-state index is 12.1. The van der Waals surface area contributed by atoms with E-state index in [9.17, 15) is 4.79 Å². The standard InChI is InChI=1S/C14H16ClN3OS/c1-10-4-3-5-11(16-10)8-18(2)14(19)6-13-17-12(7-15)9-20-13/h3-5,9H,6-8H2,1-2H3. The highest BCUT2D eigenvalue weighted by molar-refractivity contribution is 7.09. The fourth-order valence-electron chi connectivity index (χ4n) is 1.77. The molecule has 0 aliphatic carbocycles. The van der Waals surface area contributed by atoms with Crippen LogP contribution in [0, 0.1) is 6.92 Å². The molecule has 4 nitrogen and oxygen atoms in total. The molecule has 6 heteroatoms. The molecule has 0 aliphatic rings. The summed E-state index contributed by atoms with van der Waals surface area (Å²) in [6, 6.07) is 5.81. The largest absolute Gasteiger partial charge is 0.339 e. The van der Waals surface area contributed by atoms with Crippen LogP contribution in [0.25, 0.3) is 0 Å². The SMILES string of the molecule is Cc1cccc(CN(C)C(=O)Cc2nc(CCl)cs2)n1. The van der Waals surface area contributed by atoms with Gasteiger partial charge in [-0.3, -0.25) is 9.78 Å². The van der Waals surface area contributed by atoms with E-state index in [1.165, 1.54) is 11.3 Å². The quantitative estimate of drug-likeness (QED) is 0.798. The van der Waals surface area contributed by atoms with Crippen LogP contribution in [0.2, 0.25) is 0 Å². The molecule has 2 heterocycles. The molecule has 2 rings (SSSR count). The minimum atomic E-state index is 0.0313. The molecule has 0 aromatic carbocycles. The van der Waals surface area contributed by atoms with Crippen molar-refractivity contribution in [1.82, 2.24) is 14.9 Å². The second-order valence-corrected chi connectivity index (χ2v) is 5.77. The highest BCUT2D eigenvalue weighted by Crippen LogP contribution is 2.13. The van der Waals surface area contributed by atoms with Crippen molar-refractivity contribution in [2.24, 2.45) is 0 Å². The Morgan fingerprint density at radius 3 is 2.80 bits per heavy atom. The summed E-state index contributed by atoms with van der Waals surface area (Å²) in [4.78, 5) is 22.5. The molecule has 2 aromatic heterocycles. The predicted molar refractivity (Wildman–Crippen MR) is 80.8 cm³/mol. The van der Waals surface area contributed by atoms with Crippen LogP contribution < -0.4 is 0 Å². The van der Waals surface area contributed by atoms with Crippen LogP contribution in [0.15, 0.2) is 23.6 Å². The van der Waals surface area contributed by atoms with Gasteiger partial charge in [-0.15, -0.1) is 22.9 Å². The Hall–Kier alpha value is -1.46. The lowest BCUT2D eigenvalue weighted by Gasteiger charge is -2.16. The third-order valence-corrected chi connectivity index (χ3v) is 3.98. The molecule has 1 amide bonds. The smallest absolute Gasteiger partial charge is 0.229 e. The van der Waals surface area contributed by atoms with Crippen LogP contribution in [0.5, 0.6) is 0 Å². The number of alkyl halides is 1. The molecule has 0 aliphatic heterocycles. The molecular formula is C14H16ClN3OS. The van der Waals surface area contributed by atoms with Gasteiger partial charge >= 0.3 is 0 Å². The third kappa shape index (κ3) is 4.02. The molecule has 0 fully saturated rings. The monoisotopic (exact) mass is 309 g/mol. The van der Waals surface area contributed by atoms with E-state index in [4.69, 9.17) is 11.6 Å². The van der Waals surface area contributed by atoms with Gasteiger partial charge in [0.25, 0.3) is 0 Å². The van der Waals surface area contributed by atoms with Crippen LogP contribution in [0.1, 0.15) is 22.1 Å². The van der Waals surface area contributed by atoms with Gasteiger partial charge in [-0.1, -0.05) is 6.07 Å². The number of hydrogen-bond donors (Lipinski definition) is 0. The number of pyridine rings is 1. The molecule has 0 bridgehead atoms. The summed E-state index contributed by atoms with van der Waals surface area (Å²) in [6.07, 6.45) is 0.309. The fraction of sp³-hybridized carbons (Fsp3) is 0.357. The summed E-state index contributed by atoms with van der Waals surface area (Å²) in [5.41, 5.74) is 2.67. The van der Waals surface area contributed by atoms with Crippen molar-refractivity contribution in [3.63, 3.8) is 0 Å². The Morgan fingerprint density at radius 2 is 2.15 bits per heavy atom. The van der Waals surface area contributed by atoms with Crippen molar-refractivity contribution in [3.05, 3.63) is 45.7 Å². The van der Waals surface area contributed by atoms with Crippen molar-refractivity contribution in [1.29, 1.82) is 0 Å². The maximum Gasteiger partial charge on any atom is 0.229 e. The predicted octanol–water partition coefficient (Wildman–Crippen LogP) is 2.79. The number of likely N-dealkylation sites (N-methyl/N-ethyl adjacent to an activating group) is 1. The molecular weight excluding hydrogens is 294 g/mol. The first-order valence-corrected chi connectivity index (χ1v) is 7.65. The molecule has 0 radical (unpaired) electrons. The molecule has 0 saturated carbocycles. The first-order chi connectivity index (χ1) is 9.58. The zero-order chi connectivity index (χ0) is 14.5. The van der Waals surface area contributed by atoms with E-state index < -0.39 is 0 Å². The first-order valence-electron chi connectivity index (χ1n) is 6.24. The van der Waals surface area contributed by atoms with Gasteiger partial charge in [0, 0.05) is 18.1 Å². The average molecular weight is 310 g/mol. The topological polar surface area (TPSA) is 46.1 Å². The van der Waals surface area contributed by atoms with Gasteiger partial charge in [-0.2, -0.15) is 0 Å². The Morgan fingerprint density at radius 1 is 1.35 bits per heavy atom. The van der Waals surface area contributed by atoms with E-state index in [1.807, 2.05) is 30.5 Å². The Kier molecular flexibility index (Phi) is 5.09. The van der Waals surface area contributed by atoms with Gasteiger partial charge in [0.05, 0.1) is 30.2 Å². The lowest BCUT2D eigenvalue weighted by molar-refractivity contribution is -0.129. The number of nitrogens with zero attached hydrogens (tertiary/aromatic N) is 3. The molecule has 0 N–H and O–H groups in total. The summed E-state index contributed by atoms with van der Waals surface area (Å²) in [6.45, 7) is 2.45. The molecule has 0 spiro atoms. The Labute approximate surface area is 127 Å². The van der Waals surface area contributed by atoms with E-state index in [0.29, 0.717) is 18.8 Å². The van der Waals surface area contributed by atoms with Crippen LogP contribution >= 0.6 is 22.9 Å². The molecule has 0 atom stereocenters. The van der Waals surface area contributed by atoms with Gasteiger partial charge in [0.1, 0.15) is 5.01 Å². The molecule has 20 heavy (non-hydrogen) atoms. The van der Waals surface area contributed by atoms with Crippen LogP contribution in [-0.2, 0) is 23.6 Å². The van der Waals surface area contributed by atoms with Crippen molar-refractivity contribution < 1.29 is 4.79 Å². The van der Waals surface area contributed by atoms with E-state index in [-0.39, 0.29) is 5.91 Å². The first kappa shape index (κ1) is 14.9. The molecule has 0 saturated heterocycles. The van der Waals surface area contributed by atoms with Crippen molar-refractivity contribution in [3.8, 4) is 0 Å². The number of carbonyl (C=O) groups excluding carboxylic acids is 1. The van der Waals surface area contributed by atoms with Crippen molar-refractivity contribution >= 4 is 28.8 Å². The van der Waals surface area contributed by atoms with Gasteiger partial charge in [0.2, 0.25) is 5.91 Å². The molecule has 2 aromatic rings. The summed E-state index contributed by atoms with van der Waals surface area (Å²) >= 11 is 7.17. The third-order valence-electron chi connectivity index (χ3n) is 2.81. The molecule has 0 unspecified atom stereocenters. The average Bonchev–Trinajstić information content (AvgIpc) is 2.86. The minimum Gasteiger partial charge on any atom is -0.339 e. The van der Waals surface area contributed by atoms with Gasteiger partial charge in [0.15, 0.2) is 0 Å². The zero-order valence-electron chi connectivity index (χ0n) is 11.5. The van der Waals surface area contributed by atoms with Crippen LogP contribution in [0.3, 0.4) is 0 Å². The lowest BCUT2D eigenvalue weighted by atomic mass is 10.3. The fourth-order valence-corrected chi connectivity index (χ4v) is 2.79. The number of aromatic nitrogens is 2. The van der Waals surface area contributed by atoms with E-state index >= 15 is 0 Å². The molecule has 106 valence electrons. The Bertz CT molecular complexity index is 600. The van der Waals surface area contributed by atoms with Gasteiger partial charge in [-0.25, -0.2) is 4.98 Å². The highest BCUT2D eigenvalue weighted by Gasteiger charge is 2.13. The number of aryl methyl sites for hydroxylation is 1. The highest BCUT2D eigenvalue weighted by atomic mass is 35.5. The van der Waals surface area contributed by atoms with Gasteiger partial charge < -0.3 is 4.90 Å². The van der Waals surface area contributed by atoms with E-state index in [0.717, 1.165) is 22.1 Å². The number of amides is 1. The second kappa shape index (κ2) is 6.81.